The molecule has 0 spiro atoms. The van der Waals surface area contributed by atoms with Crippen molar-refractivity contribution in [2.24, 2.45) is 5.92 Å². The molecular formula is C11H24BrNO2S. The number of nitrogens with one attached hydrogen (secondary N) is 1. The first-order valence-corrected chi connectivity index (χ1v) is 8.40. The largest absolute Gasteiger partial charge is 0.216 e. The van der Waals surface area contributed by atoms with Crippen LogP contribution in [0.25, 0.3) is 0 Å². The van der Waals surface area contributed by atoms with E-state index in [9.17, 15) is 8.42 Å². The summed E-state index contributed by atoms with van der Waals surface area (Å²) in [6.45, 7) is 7.83. The number of rotatable bonds is 7. The van der Waals surface area contributed by atoms with E-state index in [1.165, 1.54) is 0 Å². The summed E-state index contributed by atoms with van der Waals surface area (Å²) in [6, 6.07) is 0. The topological polar surface area (TPSA) is 46.2 Å². The summed E-state index contributed by atoms with van der Waals surface area (Å²) < 4.78 is 25.7. The fourth-order valence-corrected chi connectivity index (χ4v) is 2.89. The van der Waals surface area contributed by atoms with Gasteiger partial charge in [-0.25, -0.2) is 13.1 Å². The maximum absolute atomic E-state index is 11.8. The lowest BCUT2D eigenvalue weighted by atomic mass is 10.0. The zero-order valence-electron chi connectivity index (χ0n) is 10.7. The van der Waals surface area contributed by atoms with Crippen LogP contribution in [0.1, 0.15) is 47.0 Å². The first-order chi connectivity index (χ1) is 7.24. The van der Waals surface area contributed by atoms with Gasteiger partial charge in [-0.2, -0.15) is 0 Å². The predicted molar refractivity (Wildman–Crippen MR) is 73.5 cm³/mol. The van der Waals surface area contributed by atoms with Crippen LogP contribution in [0.5, 0.6) is 0 Å². The van der Waals surface area contributed by atoms with Crippen molar-refractivity contribution in [2.45, 2.75) is 51.7 Å². The van der Waals surface area contributed by atoms with Gasteiger partial charge in [0.05, 0.1) is 4.75 Å². The van der Waals surface area contributed by atoms with E-state index in [-0.39, 0.29) is 0 Å². The van der Waals surface area contributed by atoms with Crippen LogP contribution < -0.4 is 4.72 Å². The van der Waals surface area contributed by atoms with Crippen LogP contribution in [0.2, 0.25) is 0 Å². The Morgan fingerprint density at radius 3 is 2.19 bits per heavy atom. The van der Waals surface area contributed by atoms with Crippen molar-refractivity contribution in [3.63, 3.8) is 0 Å². The number of hydrogen-bond donors (Lipinski definition) is 1. The summed E-state index contributed by atoms with van der Waals surface area (Å²) in [5.41, 5.74) is 0. The Labute approximate surface area is 109 Å². The van der Waals surface area contributed by atoms with Crippen molar-refractivity contribution in [3.8, 4) is 0 Å². The molecule has 0 heterocycles. The first kappa shape index (κ1) is 16.4. The number of alkyl halides is 1. The minimum Gasteiger partial charge on any atom is -0.215 e. The summed E-state index contributed by atoms with van der Waals surface area (Å²) in [6.07, 6.45) is 3.17. The van der Waals surface area contributed by atoms with Crippen LogP contribution in [-0.4, -0.2) is 25.0 Å². The van der Waals surface area contributed by atoms with Gasteiger partial charge in [0.1, 0.15) is 0 Å². The highest BCUT2D eigenvalue weighted by atomic mass is 79.9. The molecule has 0 aromatic carbocycles. The number of halogens is 1. The zero-order valence-corrected chi connectivity index (χ0v) is 13.1. The van der Waals surface area contributed by atoms with Gasteiger partial charge < -0.3 is 0 Å². The lowest BCUT2D eigenvalue weighted by molar-refractivity contribution is 0.453. The molecule has 5 heteroatoms. The van der Waals surface area contributed by atoms with Crippen molar-refractivity contribution in [1.82, 2.24) is 4.72 Å². The number of hydrogen-bond acceptors (Lipinski definition) is 2. The first-order valence-electron chi connectivity index (χ1n) is 5.79. The van der Waals surface area contributed by atoms with Crippen molar-refractivity contribution < 1.29 is 8.42 Å². The average Bonchev–Trinajstić information content (AvgIpc) is 2.13. The third-order valence-corrected chi connectivity index (χ3v) is 5.20. The Kier molecular flexibility index (Phi) is 7.14. The van der Waals surface area contributed by atoms with E-state index in [0.717, 1.165) is 24.6 Å². The molecule has 1 unspecified atom stereocenters. The van der Waals surface area contributed by atoms with Gasteiger partial charge >= 0.3 is 0 Å². The molecule has 0 saturated heterocycles. The third kappa shape index (κ3) is 5.64. The smallest absolute Gasteiger partial charge is 0.215 e. The standard InChI is InChI=1S/C11H24BrNO2S/c1-5-6-10(7-8-12)9-13-16(14,15)11(2,3)4/h10,13H,5-9H2,1-4H3. The van der Waals surface area contributed by atoms with E-state index >= 15 is 0 Å². The SMILES string of the molecule is CCCC(CCBr)CNS(=O)(=O)C(C)(C)C. The van der Waals surface area contributed by atoms with Crippen LogP contribution in [0.4, 0.5) is 0 Å². The Balaban J connectivity index is 4.30. The molecule has 0 fully saturated rings. The van der Waals surface area contributed by atoms with Crippen LogP contribution >= 0.6 is 15.9 Å². The predicted octanol–water partition coefficient (Wildman–Crippen LogP) is 2.91. The molecule has 0 saturated carbocycles. The fraction of sp³-hybridized carbons (Fsp3) is 1.00. The lowest BCUT2D eigenvalue weighted by Crippen LogP contribution is -2.41. The summed E-state index contributed by atoms with van der Waals surface area (Å²) >= 11 is 3.40. The second-order valence-electron chi connectivity index (χ2n) is 5.10. The van der Waals surface area contributed by atoms with Gasteiger partial charge in [-0.15, -0.1) is 0 Å². The summed E-state index contributed by atoms with van der Waals surface area (Å²) in [5, 5.41) is 0.926. The molecular weight excluding hydrogens is 290 g/mol. The highest BCUT2D eigenvalue weighted by Gasteiger charge is 2.28. The molecule has 1 N–H and O–H groups in total. The summed E-state index contributed by atoms with van der Waals surface area (Å²) in [4.78, 5) is 0. The second-order valence-corrected chi connectivity index (χ2v) is 8.41. The molecule has 3 nitrogen and oxygen atoms in total. The van der Waals surface area contributed by atoms with E-state index in [2.05, 4.69) is 27.6 Å². The molecule has 16 heavy (non-hydrogen) atoms. The minimum absolute atomic E-state index is 0.432. The van der Waals surface area contributed by atoms with Gasteiger partial charge in [-0.3, -0.25) is 0 Å². The Hall–Kier alpha value is 0.390. The van der Waals surface area contributed by atoms with E-state index in [1.807, 2.05) is 0 Å². The average molecular weight is 314 g/mol. The van der Waals surface area contributed by atoms with Crippen molar-refractivity contribution >= 4 is 26.0 Å². The quantitative estimate of drug-likeness (QED) is 0.735. The van der Waals surface area contributed by atoms with Crippen LogP contribution in [0.15, 0.2) is 0 Å². The molecule has 0 aliphatic rings. The molecule has 0 bridgehead atoms. The Morgan fingerprint density at radius 2 is 1.81 bits per heavy atom. The Bertz CT molecular complexity index is 277. The third-order valence-electron chi connectivity index (χ3n) is 2.58. The van der Waals surface area contributed by atoms with E-state index in [4.69, 9.17) is 0 Å². The molecule has 1 atom stereocenters. The molecule has 0 aliphatic carbocycles. The highest BCUT2D eigenvalue weighted by Crippen LogP contribution is 2.16. The zero-order chi connectivity index (χ0) is 12.8. The second kappa shape index (κ2) is 6.97. The normalized spacial score (nSPS) is 15.1. The summed E-state index contributed by atoms with van der Waals surface area (Å²) in [7, 11) is -3.19. The van der Waals surface area contributed by atoms with Crippen LogP contribution in [-0.2, 0) is 10.0 Å². The molecule has 0 rings (SSSR count). The van der Waals surface area contributed by atoms with E-state index in [1.54, 1.807) is 20.8 Å². The van der Waals surface area contributed by atoms with Gasteiger partial charge in [-0.05, 0) is 39.5 Å². The van der Waals surface area contributed by atoms with E-state index in [0.29, 0.717) is 12.5 Å². The molecule has 0 aromatic heterocycles. The summed E-state index contributed by atoms with van der Waals surface area (Å²) in [5.74, 6) is 0.432. The van der Waals surface area contributed by atoms with Gasteiger partial charge in [0.2, 0.25) is 10.0 Å². The maximum Gasteiger partial charge on any atom is 0.216 e. The monoisotopic (exact) mass is 313 g/mol. The van der Waals surface area contributed by atoms with E-state index < -0.39 is 14.8 Å². The molecule has 0 radical (unpaired) electrons. The van der Waals surface area contributed by atoms with Gasteiger partial charge in [0.15, 0.2) is 0 Å². The minimum atomic E-state index is -3.19. The molecule has 0 aliphatic heterocycles. The Morgan fingerprint density at radius 1 is 1.25 bits per heavy atom. The lowest BCUT2D eigenvalue weighted by Gasteiger charge is -2.22. The van der Waals surface area contributed by atoms with Gasteiger partial charge in [-0.1, -0.05) is 29.3 Å². The van der Waals surface area contributed by atoms with Gasteiger partial charge in [0.25, 0.3) is 0 Å². The highest BCUT2D eigenvalue weighted by molar-refractivity contribution is 9.09. The molecule has 0 amide bonds. The van der Waals surface area contributed by atoms with Crippen LogP contribution in [0, 0.1) is 5.92 Å². The van der Waals surface area contributed by atoms with Crippen LogP contribution in [0.3, 0.4) is 0 Å². The maximum atomic E-state index is 11.8. The van der Waals surface area contributed by atoms with Crippen molar-refractivity contribution in [2.75, 3.05) is 11.9 Å². The van der Waals surface area contributed by atoms with Gasteiger partial charge in [0, 0.05) is 11.9 Å². The number of sulfonamides is 1. The fourth-order valence-electron chi connectivity index (χ4n) is 1.36. The van der Waals surface area contributed by atoms with Crippen molar-refractivity contribution in [1.29, 1.82) is 0 Å². The molecule has 98 valence electrons. The van der Waals surface area contributed by atoms with Crippen molar-refractivity contribution in [3.05, 3.63) is 0 Å². The molecule has 0 aromatic rings.